The van der Waals surface area contributed by atoms with Crippen LogP contribution >= 0.6 is 0 Å². The molecule has 6 heteroatoms. The SMILES string of the molecule is CC(C)NCC(O)COc1ccc2cn[nH]c(=O)c2c1. The molecule has 0 aliphatic rings. The molecule has 6 nitrogen and oxygen atoms in total. The number of aliphatic hydroxyl groups excluding tert-OH is 1. The third-order valence-corrected chi connectivity index (χ3v) is 2.84. The van der Waals surface area contributed by atoms with Crippen LogP contribution in [0.25, 0.3) is 10.8 Å². The lowest BCUT2D eigenvalue weighted by molar-refractivity contribution is 0.105. The Kier molecular flexibility index (Phi) is 4.70. The van der Waals surface area contributed by atoms with Crippen molar-refractivity contribution in [3.8, 4) is 5.75 Å². The quantitative estimate of drug-likeness (QED) is 0.722. The molecular weight excluding hydrogens is 258 g/mol. The summed E-state index contributed by atoms with van der Waals surface area (Å²) in [6, 6.07) is 5.49. The Morgan fingerprint density at radius 2 is 2.25 bits per heavy atom. The summed E-state index contributed by atoms with van der Waals surface area (Å²) in [6.45, 7) is 4.67. The predicted molar refractivity (Wildman–Crippen MR) is 77.0 cm³/mol. The summed E-state index contributed by atoms with van der Waals surface area (Å²) in [6.07, 6.45) is 0.992. The van der Waals surface area contributed by atoms with E-state index in [9.17, 15) is 9.90 Å². The maximum absolute atomic E-state index is 11.6. The van der Waals surface area contributed by atoms with Gasteiger partial charge >= 0.3 is 0 Å². The van der Waals surface area contributed by atoms with Gasteiger partial charge in [-0.15, -0.1) is 0 Å². The number of benzene rings is 1. The van der Waals surface area contributed by atoms with Crippen LogP contribution in [0.1, 0.15) is 13.8 Å². The van der Waals surface area contributed by atoms with Crippen molar-refractivity contribution in [1.82, 2.24) is 15.5 Å². The summed E-state index contributed by atoms with van der Waals surface area (Å²) in [7, 11) is 0. The molecule has 2 rings (SSSR count). The summed E-state index contributed by atoms with van der Waals surface area (Å²) >= 11 is 0. The second-order valence-corrected chi connectivity index (χ2v) is 4.98. The number of ether oxygens (including phenoxy) is 1. The first kappa shape index (κ1) is 14.5. The van der Waals surface area contributed by atoms with Gasteiger partial charge in [0, 0.05) is 18.0 Å². The Labute approximate surface area is 116 Å². The van der Waals surface area contributed by atoms with E-state index in [0.717, 1.165) is 5.39 Å². The first-order valence-electron chi connectivity index (χ1n) is 6.58. The van der Waals surface area contributed by atoms with Crippen LogP contribution in [0.3, 0.4) is 0 Å². The molecule has 0 spiro atoms. The molecule has 0 saturated heterocycles. The Balaban J connectivity index is 2.00. The molecule has 1 aromatic heterocycles. The zero-order valence-corrected chi connectivity index (χ0v) is 11.6. The third-order valence-electron chi connectivity index (χ3n) is 2.84. The van der Waals surface area contributed by atoms with E-state index in [1.54, 1.807) is 24.4 Å². The van der Waals surface area contributed by atoms with Gasteiger partial charge in [0.1, 0.15) is 18.5 Å². The lowest BCUT2D eigenvalue weighted by atomic mass is 10.2. The minimum Gasteiger partial charge on any atom is -0.491 e. The van der Waals surface area contributed by atoms with E-state index in [4.69, 9.17) is 4.74 Å². The van der Waals surface area contributed by atoms with Crippen molar-refractivity contribution < 1.29 is 9.84 Å². The van der Waals surface area contributed by atoms with Gasteiger partial charge in [0.2, 0.25) is 0 Å². The normalized spacial score (nSPS) is 12.8. The van der Waals surface area contributed by atoms with Gasteiger partial charge in [-0.05, 0) is 18.2 Å². The molecule has 0 saturated carbocycles. The van der Waals surface area contributed by atoms with Crippen molar-refractivity contribution >= 4 is 10.8 Å². The first-order chi connectivity index (χ1) is 9.56. The highest BCUT2D eigenvalue weighted by Crippen LogP contribution is 2.17. The van der Waals surface area contributed by atoms with Gasteiger partial charge in [-0.3, -0.25) is 4.79 Å². The number of nitrogens with zero attached hydrogens (tertiary/aromatic N) is 1. The first-order valence-corrected chi connectivity index (χ1v) is 6.58. The van der Waals surface area contributed by atoms with Crippen LogP contribution in [0, 0.1) is 0 Å². The molecule has 1 unspecified atom stereocenters. The van der Waals surface area contributed by atoms with E-state index in [0.29, 0.717) is 23.7 Å². The standard InChI is InChI=1S/C14H19N3O3/c1-9(2)15-7-11(18)8-20-12-4-3-10-6-16-17-14(19)13(10)5-12/h3-6,9,11,15,18H,7-8H2,1-2H3,(H,17,19). The monoisotopic (exact) mass is 277 g/mol. The van der Waals surface area contributed by atoms with Gasteiger partial charge in [0.05, 0.1) is 11.6 Å². The van der Waals surface area contributed by atoms with Crippen LogP contribution in [-0.2, 0) is 0 Å². The number of aromatic nitrogens is 2. The van der Waals surface area contributed by atoms with Crippen LogP contribution in [0.4, 0.5) is 0 Å². The molecular formula is C14H19N3O3. The summed E-state index contributed by atoms with van der Waals surface area (Å²) < 4.78 is 5.50. The fourth-order valence-corrected chi connectivity index (χ4v) is 1.78. The fourth-order valence-electron chi connectivity index (χ4n) is 1.78. The van der Waals surface area contributed by atoms with Crippen LogP contribution in [0.15, 0.2) is 29.2 Å². The van der Waals surface area contributed by atoms with Crippen LogP contribution in [0.2, 0.25) is 0 Å². The molecule has 1 aromatic carbocycles. The number of H-pyrrole nitrogens is 1. The molecule has 20 heavy (non-hydrogen) atoms. The summed E-state index contributed by atoms with van der Waals surface area (Å²) in [5.74, 6) is 0.554. The molecule has 2 aromatic rings. The molecule has 108 valence electrons. The second-order valence-electron chi connectivity index (χ2n) is 4.98. The van der Waals surface area contributed by atoms with Crippen LogP contribution < -0.4 is 15.6 Å². The third kappa shape index (κ3) is 3.79. The lowest BCUT2D eigenvalue weighted by Gasteiger charge is -2.15. The molecule has 0 bridgehead atoms. The topological polar surface area (TPSA) is 87.2 Å². The molecule has 1 heterocycles. The fraction of sp³-hybridized carbons (Fsp3) is 0.429. The highest BCUT2D eigenvalue weighted by Gasteiger charge is 2.07. The zero-order chi connectivity index (χ0) is 14.5. The molecule has 0 aliphatic carbocycles. The van der Waals surface area contributed by atoms with E-state index < -0.39 is 6.10 Å². The largest absolute Gasteiger partial charge is 0.491 e. The minimum absolute atomic E-state index is 0.175. The lowest BCUT2D eigenvalue weighted by Crippen LogP contribution is -2.35. The minimum atomic E-state index is -0.594. The van der Waals surface area contributed by atoms with E-state index in [2.05, 4.69) is 15.5 Å². The van der Waals surface area contributed by atoms with Gasteiger partial charge in [0.25, 0.3) is 5.56 Å². The van der Waals surface area contributed by atoms with Crippen LogP contribution in [-0.4, -0.2) is 40.6 Å². The van der Waals surface area contributed by atoms with Crippen LogP contribution in [0.5, 0.6) is 5.75 Å². The second kappa shape index (κ2) is 6.49. The van der Waals surface area contributed by atoms with Crippen molar-refractivity contribution in [3.63, 3.8) is 0 Å². The van der Waals surface area contributed by atoms with Gasteiger partial charge < -0.3 is 15.2 Å². The maximum atomic E-state index is 11.6. The Bertz CT molecular complexity index is 624. The molecule has 0 aliphatic heterocycles. The number of fused-ring (bicyclic) bond motifs is 1. The number of hydrogen-bond donors (Lipinski definition) is 3. The Hall–Kier alpha value is -1.92. The van der Waals surface area contributed by atoms with Crippen molar-refractivity contribution in [2.24, 2.45) is 0 Å². The zero-order valence-electron chi connectivity index (χ0n) is 11.6. The molecule has 1 atom stereocenters. The smallest absolute Gasteiger partial charge is 0.272 e. The molecule has 0 fully saturated rings. The van der Waals surface area contributed by atoms with Crippen molar-refractivity contribution in [1.29, 1.82) is 0 Å². The Morgan fingerprint density at radius 1 is 1.45 bits per heavy atom. The predicted octanol–water partition coefficient (Wildman–Crippen LogP) is 0.661. The summed E-state index contributed by atoms with van der Waals surface area (Å²) in [5.41, 5.74) is -0.255. The van der Waals surface area contributed by atoms with E-state index in [1.165, 1.54) is 0 Å². The highest BCUT2D eigenvalue weighted by molar-refractivity contribution is 5.81. The average molecular weight is 277 g/mol. The number of nitrogens with one attached hydrogen (secondary N) is 2. The van der Waals surface area contributed by atoms with Gasteiger partial charge in [-0.2, -0.15) is 5.10 Å². The van der Waals surface area contributed by atoms with E-state index in [-0.39, 0.29) is 12.2 Å². The average Bonchev–Trinajstić information content (AvgIpc) is 2.43. The Morgan fingerprint density at radius 3 is 3.00 bits per heavy atom. The van der Waals surface area contributed by atoms with Crippen molar-refractivity contribution in [2.75, 3.05) is 13.2 Å². The number of aliphatic hydroxyl groups is 1. The number of hydrogen-bond acceptors (Lipinski definition) is 5. The van der Waals surface area contributed by atoms with Crippen molar-refractivity contribution in [2.45, 2.75) is 26.0 Å². The number of rotatable bonds is 6. The summed E-state index contributed by atoms with van der Waals surface area (Å²) in [5, 5.41) is 20.3. The number of aromatic amines is 1. The molecule has 0 radical (unpaired) electrons. The van der Waals surface area contributed by atoms with Gasteiger partial charge in [0.15, 0.2) is 0 Å². The van der Waals surface area contributed by atoms with Gasteiger partial charge in [-0.25, -0.2) is 5.10 Å². The summed E-state index contributed by atoms with van der Waals surface area (Å²) in [4.78, 5) is 11.6. The molecule has 0 amide bonds. The van der Waals surface area contributed by atoms with Gasteiger partial charge in [-0.1, -0.05) is 13.8 Å². The maximum Gasteiger partial charge on any atom is 0.272 e. The van der Waals surface area contributed by atoms with Crippen molar-refractivity contribution in [3.05, 3.63) is 34.7 Å². The van der Waals surface area contributed by atoms with E-state index in [1.807, 2.05) is 13.8 Å². The highest BCUT2D eigenvalue weighted by atomic mass is 16.5. The molecule has 3 N–H and O–H groups in total. The van der Waals surface area contributed by atoms with E-state index >= 15 is 0 Å².